The average Bonchev–Trinajstić information content (AvgIpc) is 3.15. The molecular formula is C18H16O7S. The maximum absolute atomic E-state index is 13.1. The van der Waals surface area contributed by atoms with Crippen LogP contribution >= 0.6 is 0 Å². The van der Waals surface area contributed by atoms with Gasteiger partial charge in [-0.15, -0.1) is 0 Å². The Morgan fingerprint density at radius 3 is 2.46 bits per heavy atom. The van der Waals surface area contributed by atoms with Crippen molar-refractivity contribution in [3.63, 3.8) is 0 Å². The fraction of sp³-hybridized carbons (Fsp3) is 0.278. The smallest absolute Gasteiger partial charge is 0.314 e. The Morgan fingerprint density at radius 2 is 1.81 bits per heavy atom. The van der Waals surface area contributed by atoms with Crippen LogP contribution in [0.1, 0.15) is 11.5 Å². The van der Waals surface area contributed by atoms with Crippen LogP contribution in [0.15, 0.2) is 53.4 Å². The standard InChI is InChI=1S/C18H16O7S/c19-9-18(17(20)21)15(11-6-7-13-14(8-11)25-10-24-13)16(18)26(22,23)12-4-2-1-3-5-12/h1-8,15-16,19H,9-10H2,(H,20,21)/t15-,16-,18-/m1/s1. The molecule has 1 aliphatic heterocycles. The zero-order valence-electron chi connectivity index (χ0n) is 13.5. The number of carbonyl (C=O) groups is 1. The summed E-state index contributed by atoms with van der Waals surface area (Å²) in [6, 6.07) is 12.5. The fourth-order valence-corrected chi connectivity index (χ4v) is 6.09. The lowest BCUT2D eigenvalue weighted by Crippen LogP contribution is -2.27. The molecule has 0 radical (unpaired) electrons. The molecule has 0 amide bonds. The van der Waals surface area contributed by atoms with E-state index in [1.54, 1.807) is 36.4 Å². The first-order valence-electron chi connectivity index (χ1n) is 7.95. The second kappa shape index (κ2) is 5.72. The molecule has 2 aromatic rings. The van der Waals surface area contributed by atoms with Crippen molar-refractivity contribution >= 4 is 15.8 Å². The monoisotopic (exact) mass is 376 g/mol. The molecule has 0 saturated heterocycles. The van der Waals surface area contributed by atoms with E-state index >= 15 is 0 Å². The molecule has 3 atom stereocenters. The number of hydrogen-bond donors (Lipinski definition) is 2. The van der Waals surface area contributed by atoms with Gasteiger partial charge >= 0.3 is 5.97 Å². The second-order valence-electron chi connectivity index (χ2n) is 6.37. The van der Waals surface area contributed by atoms with Crippen molar-refractivity contribution in [1.82, 2.24) is 0 Å². The maximum atomic E-state index is 13.1. The van der Waals surface area contributed by atoms with Gasteiger partial charge in [0.05, 0.1) is 16.8 Å². The van der Waals surface area contributed by atoms with E-state index < -0.39 is 39.0 Å². The minimum absolute atomic E-state index is 0.0346. The van der Waals surface area contributed by atoms with Crippen molar-refractivity contribution in [2.24, 2.45) is 5.41 Å². The summed E-state index contributed by atoms with van der Waals surface area (Å²) in [5.41, 5.74) is -1.31. The molecule has 7 nitrogen and oxygen atoms in total. The molecule has 0 spiro atoms. The van der Waals surface area contributed by atoms with E-state index in [2.05, 4.69) is 0 Å². The van der Waals surface area contributed by atoms with Gasteiger partial charge in [-0.3, -0.25) is 4.79 Å². The lowest BCUT2D eigenvalue weighted by molar-refractivity contribution is -0.145. The van der Waals surface area contributed by atoms with Gasteiger partial charge in [-0.1, -0.05) is 24.3 Å². The zero-order chi connectivity index (χ0) is 18.5. The van der Waals surface area contributed by atoms with Crippen molar-refractivity contribution in [2.45, 2.75) is 16.1 Å². The van der Waals surface area contributed by atoms with Crippen LogP contribution in [-0.4, -0.2) is 43.2 Å². The molecular weight excluding hydrogens is 360 g/mol. The Bertz CT molecular complexity index is 970. The molecule has 26 heavy (non-hydrogen) atoms. The Kier molecular flexibility index (Phi) is 3.71. The first-order valence-corrected chi connectivity index (χ1v) is 9.50. The lowest BCUT2D eigenvalue weighted by Gasteiger charge is -2.09. The third-order valence-electron chi connectivity index (χ3n) is 5.08. The number of sulfone groups is 1. The maximum Gasteiger partial charge on any atom is 0.314 e. The quantitative estimate of drug-likeness (QED) is 0.812. The summed E-state index contributed by atoms with van der Waals surface area (Å²) in [4.78, 5) is 12.0. The van der Waals surface area contributed by atoms with Crippen molar-refractivity contribution in [3.05, 3.63) is 54.1 Å². The molecule has 1 fully saturated rings. The first kappa shape index (κ1) is 16.9. The van der Waals surface area contributed by atoms with Crippen LogP contribution in [0.3, 0.4) is 0 Å². The van der Waals surface area contributed by atoms with E-state index in [1.165, 1.54) is 12.1 Å². The van der Waals surface area contributed by atoms with E-state index in [-0.39, 0.29) is 11.7 Å². The number of hydrogen-bond acceptors (Lipinski definition) is 6. The molecule has 2 aromatic carbocycles. The molecule has 2 N–H and O–H groups in total. The number of benzene rings is 2. The highest BCUT2D eigenvalue weighted by Gasteiger charge is 2.75. The van der Waals surface area contributed by atoms with Gasteiger partial charge < -0.3 is 19.7 Å². The summed E-state index contributed by atoms with van der Waals surface area (Å²) in [6.07, 6.45) is 0. The summed E-state index contributed by atoms with van der Waals surface area (Å²) in [5, 5.41) is 18.3. The summed E-state index contributed by atoms with van der Waals surface area (Å²) >= 11 is 0. The minimum atomic E-state index is -3.95. The van der Waals surface area contributed by atoms with Crippen molar-refractivity contribution < 1.29 is 32.9 Å². The summed E-state index contributed by atoms with van der Waals surface area (Å²) in [5.74, 6) is -1.28. The number of fused-ring (bicyclic) bond motifs is 1. The Labute approximate surface area is 149 Å². The molecule has 1 aliphatic carbocycles. The highest BCUT2D eigenvalue weighted by Crippen LogP contribution is 2.64. The zero-order valence-corrected chi connectivity index (χ0v) is 14.3. The number of aliphatic carboxylic acids is 1. The van der Waals surface area contributed by atoms with Crippen molar-refractivity contribution in [1.29, 1.82) is 0 Å². The normalized spacial score (nSPS) is 26.5. The first-order chi connectivity index (χ1) is 12.4. The summed E-state index contributed by atoms with van der Waals surface area (Å²) in [7, 11) is -3.95. The molecule has 8 heteroatoms. The molecule has 4 rings (SSSR count). The van der Waals surface area contributed by atoms with E-state index in [4.69, 9.17) is 9.47 Å². The van der Waals surface area contributed by atoms with Crippen LogP contribution in [0.4, 0.5) is 0 Å². The van der Waals surface area contributed by atoms with E-state index in [0.717, 1.165) is 0 Å². The SMILES string of the molecule is O=C(O)[C@]1(CO)[C@H](c2ccc3c(c2)OCO3)[C@H]1S(=O)(=O)c1ccccc1. The van der Waals surface area contributed by atoms with Gasteiger partial charge in [0.25, 0.3) is 0 Å². The van der Waals surface area contributed by atoms with Crippen LogP contribution in [0.2, 0.25) is 0 Å². The van der Waals surface area contributed by atoms with E-state index in [0.29, 0.717) is 17.1 Å². The van der Waals surface area contributed by atoms with Gasteiger partial charge in [-0.2, -0.15) is 0 Å². The number of aliphatic hydroxyl groups excluding tert-OH is 1. The molecule has 2 aliphatic rings. The number of rotatable bonds is 5. The highest BCUT2D eigenvalue weighted by atomic mass is 32.2. The van der Waals surface area contributed by atoms with Gasteiger partial charge in [0, 0.05) is 5.92 Å². The molecule has 0 bridgehead atoms. The Morgan fingerprint density at radius 1 is 1.12 bits per heavy atom. The van der Waals surface area contributed by atoms with Crippen molar-refractivity contribution in [2.75, 3.05) is 13.4 Å². The summed E-state index contributed by atoms with van der Waals surface area (Å²) < 4.78 is 36.7. The molecule has 0 unspecified atom stereocenters. The lowest BCUT2D eigenvalue weighted by atomic mass is 10.00. The van der Waals surface area contributed by atoms with Crippen molar-refractivity contribution in [3.8, 4) is 11.5 Å². The van der Waals surface area contributed by atoms with Crippen LogP contribution < -0.4 is 9.47 Å². The van der Waals surface area contributed by atoms with E-state index in [1.807, 2.05) is 0 Å². The largest absolute Gasteiger partial charge is 0.481 e. The number of carboxylic acid groups (broad SMARTS) is 1. The predicted molar refractivity (Wildman–Crippen MR) is 89.9 cm³/mol. The van der Waals surface area contributed by atoms with Gasteiger partial charge in [-0.05, 0) is 29.8 Å². The van der Waals surface area contributed by atoms with Crippen LogP contribution in [0.5, 0.6) is 11.5 Å². The van der Waals surface area contributed by atoms with Gasteiger partial charge in [0.15, 0.2) is 21.3 Å². The number of ether oxygens (including phenoxy) is 2. The van der Waals surface area contributed by atoms with Gasteiger partial charge in [-0.25, -0.2) is 8.42 Å². The third kappa shape index (κ3) is 2.22. The van der Waals surface area contributed by atoms with E-state index in [9.17, 15) is 23.4 Å². The highest BCUT2D eigenvalue weighted by molar-refractivity contribution is 7.92. The molecule has 0 aromatic heterocycles. The van der Waals surface area contributed by atoms with Crippen LogP contribution in [-0.2, 0) is 14.6 Å². The fourth-order valence-electron chi connectivity index (χ4n) is 3.71. The molecule has 1 saturated carbocycles. The molecule has 1 heterocycles. The average molecular weight is 376 g/mol. The topological polar surface area (TPSA) is 110 Å². The molecule has 136 valence electrons. The summed E-state index contributed by atoms with van der Waals surface area (Å²) in [6.45, 7) is -0.725. The number of carboxylic acids is 1. The van der Waals surface area contributed by atoms with Crippen LogP contribution in [0.25, 0.3) is 0 Å². The Balaban J connectivity index is 1.81. The minimum Gasteiger partial charge on any atom is -0.481 e. The third-order valence-corrected chi connectivity index (χ3v) is 7.37. The Hall–Kier alpha value is -2.58. The number of aliphatic hydroxyl groups is 1. The van der Waals surface area contributed by atoms with Crippen LogP contribution in [0, 0.1) is 5.41 Å². The second-order valence-corrected chi connectivity index (χ2v) is 8.44. The predicted octanol–water partition coefficient (Wildman–Crippen LogP) is 1.42. The van der Waals surface area contributed by atoms with Gasteiger partial charge in [0.2, 0.25) is 6.79 Å². The van der Waals surface area contributed by atoms with Gasteiger partial charge in [0.1, 0.15) is 5.41 Å².